The lowest BCUT2D eigenvalue weighted by molar-refractivity contribution is -0.133. The van der Waals surface area contributed by atoms with Gasteiger partial charge in [-0.25, -0.2) is 0 Å². The van der Waals surface area contributed by atoms with Crippen molar-refractivity contribution in [2.75, 3.05) is 0 Å². The number of carbonyl (C=O) groups is 1. The number of carbonyl (C=O) groups excluding carboxylic acids is 1. The Kier molecular flexibility index (Phi) is 4.83. The van der Waals surface area contributed by atoms with Gasteiger partial charge in [-0.15, -0.1) is 0 Å². The van der Waals surface area contributed by atoms with E-state index in [1.54, 1.807) is 30.6 Å². The summed E-state index contributed by atoms with van der Waals surface area (Å²) in [7, 11) is 0. The third-order valence-electron chi connectivity index (χ3n) is 3.33. The monoisotopic (exact) mass is 367 g/mol. The normalized spacial score (nSPS) is 10.3. The predicted octanol–water partition coefficient (Wildman–Crippen LogP) is 4.66. The van der Waals surface area contributed by atoms with E-state index in [2.05, 4.69) is 20.9 Å². The van der Waals surface area contributed by atoms with Crippen molar-refractivity contribution in [3.05, 3.63) is 83.1 Å². The first-order valence-electron chi connectivity index (χ1n) is 7.16. The lowest BCUT2D eigenvalue weighted by Gasteiger charge is -2.06. The van der Waals surface area contributed by atoms with Gasteiger partial charge in [0.15, 0.2) is 0 Å². The molecule has 1 heterocycles. The van der Waals surface area contributed by atoms with Crippen molar-refractivity contribution in [1.29, 1.82) is 0 Å². The number of halogens is 1. The third-order valence-corrected chi connectivity index (χ3v) is 3.86. The largest absolute Gasteiger partial charge is 0.426 e. The Balaban J connectivity index is 1.65. The molecule has 0 aliphatic heterocycles. The van der Waals surface area contributed by atoms with Crippen LogP contribution in [0.2, 0.25) is 0 Å². The van der Waals surface area contributed by atoms with E-state index in [0.29, 0.717) is 5.75 Å². The van der Waals surface area contributed by atoms with E-state index in [1.165, 1.54) is 0 Å². The molecule has 0 aliphatic carbocycles. The molecule has 114 valence electrons. The van der Waals surface area contributed by atoms with Crippen LogP contribution in [0.15, 0.2) is 77.5 Å². The quantitative estimate of drug-likeness (QED) is 0.497. The van der Waals surface area contributed by atoms with E-state index >= 15 is 0 Å². The number of hydrogen-bond donors (Lipinski definition) is 0. The maximum atomic E-state index is 11.9. The molecule has 0 fully saturated rings. The molecule has 3 rings (SSSR count). The highest BCUT2D eigenvalue weighted by molar-refractivity contribution is 9.10. The minimum absolute atomic E-state index is 0.211. The number of hydrogen-bond acceptors (Lipinski definition) is 3. The zero-order valence-corrected chi connectivity index (χ0v) is 13.9. The van der Waals surface area contributed by atoms with Gasteiger partial charge in [-0.2, -0.15) is 0 Å². The lowest BCUT2D eigenvalue weighted by Crippen LogP contribution is -2.11. The van der Waals surface area contributed by atoms with Crippen LogP contribution in [0.5, 0.6) is 5.75 Å². The topological polar surface area (TPSA) is 39.2 Å². The van der Waals surface area contributed by atoms with Crippen LogP contribution in [0.3, 0.4) is 0 Å². The van der Waals surface area contributed by atoms with Gasteiger partial charge in [0, 0.05) is 16.9 Å². The smallest absolute Gasteiger partial charge is 0.315 e. The minimum Gasteiger partial charge on any atom is -0.426 e. The molecular formula is C19H14BrNO2. The fourth-order valence-corrected chi connectivity index (χ4v) is 2.46. The Morgan fingerprint density at radius 3 is 2.22 bits per heavy atom. The Hall–Kier alpha value is -2.46. The highest BCUT2D eigenvalue weighted by Crippen LogP contribution is 2.24. The van der Waals surface area contributed by atoms with Crippen LogP contribution >= 0.6 is 15.9 Å². The van der Waals surface area contributed by atoms with Crippen LogP contribution in [-0.4, -0.2) is 11.0 Å². The number of ether oxygens (including phenoxy) is 1. The zero-order chi connectivity index (χ0) is 16.1. The molecule has 0 N–H and O–H groups in total. The number of benzene rings is 2. The fraction of sp³-hybridized carbons (Fsp3) is 0.0526. The highest BCUT2D eigenvalue weighted by atomic mass is 79.9. The molecular weight excluding hydrogens is 354 g/mol. The van der Waals surface area contributed by atoms with Gasteiger partial charge < -0.3 is 4.74 Å². The maximum absolute atomic E-state index is 11.9. The zero-order valence-electron chi connectivity index (χ0n) is 12.3. The molecule has 1 aromatic heterocycles. The molecule has 0 amide bonds. The summed E-state index contributed by atoms with van der Waals surface area (Å²) < 4.78 is 6.40. The molecule has 4 heteroatoms. The first kappa shape index (κ1) is 15.4. The average Bonchev–Trinajstić information content (AvgIpc) is 2.57. The molecule has 0 saturated heterocycles. The van der Waals surface area contributed by atoms with Gasteiger partial charge in [0.2, 0.25) is 0 Å². The van der Waals surface area contributed by atoms with Crippen LogP contribution in [0.4, 0.5) is 0 Å². The second kappa shape index (κ2) is 7.20. The standard InChI is InChI=1S/C19H14BrNO2/c20-17-7-3-15(4-8-17)16-5-9-18(10-6-16)23-19(22)12-14-2-1-11-21-13-14/h1-11,13H,12H2. The van der Waals surface area contributed by atoms with E-state index in [-0.39, 0.29) is 12.4 Å². The van der Waals surface area contributed by atoms with Gasteiger partial charge in [0.05, 0.1) is 6.42 Å². The van der Waals surface area contributed by atoms with Crippen molar-refractivity contribution >= 4 is 21.9 Å². The molecule has 23 heavy (non-hydrogen) atoms. The minimum atomic E-state index is -0.297. The van der Waals surface area contributed by atoms with Gasteiger partial charge in [0.1, 0.15) is 5.75 Å². The van der Waals surface area contributed by atoms with Crippen molar-refractivity contribution in [2.24, 2.45) is 0 Å². The van der Waals surface area contributed by atoms with Crippen LogP contribution in [-0.2, 0) is 11.2 Å². The first-order valence-corrected chi connectivity index (χ1v) is 7.95. The Morgan fingerprint density at radius 2 is 1.61 bits per heavy atom. The lowest BCUT2D eigenvalue weighted by atomic mass is 10.1. The van der Waals surface area contributed by atoms with E-state index in [0.717, 1.165) is 21.2 Å². The SMILES string of the molecule is O=C(Cc1cccnc1)Oc1ccc(-c2ccc(Br)cc2)cc1. The summed E-state index contributed by atoms with van der Waals surface area (Å²) in [4.78, 5) is 15.9. The van der Waals surface area contributed by atoms with E-state index in [9.17, 15) is 4.79 Å². The van der Waals surface area contributed by atoms with E-state index < -0.39 is 0 Å². The summed E-state index contributed by atoms with van der Waals surface area (Å²) >= 11 is 3.42. The third kappa shape index (κ3) is 4.27. The second-order valence-corrected chi connectivity index (χ2v) is 5.96. The summed E-state index contributed by atoms with van der Waals surface area (Å²) in [6, 6.07) is 19.2. The van der Waals surface area contributed by atoms with Gasteiger partial charge in [-0.1, -0.05) is 46.3 Å². The van der Waals surface area contributed by atoms with Crippen LogP contribution in [0.25, 0.3) is 11.1 Å². The number of aromatic nitrogens is 1. The highest BCUT2D eigenvalue weighted by Gasteiger charge is 2.07. The first-order chi connectivity index (χ1) is 11.2. The molecule has 0 saturated carbocycles. The van der Waals surface area contributed by atoms with Crippen molar-refractivity contribution in [1.82, 2.24) is 4.98 Å². The van der Waals surface area contributed by atoms with Crippen molar-refractivity contribution < 1.29 is 9.53 Å². The van der Waals surface area contributed by atoms with E-state index in [1.807, 2.05) is 42.5 Å². The van der Waals surface area contributed by atoms with Crippen molar-refractivity contribution in [3.63, 3.8) is 0 Å². The van der Waals surface area contributed by atoms with Gasteiger partial charge >= 0.3 is 5.97 Å². The molecule has 0 bridgehead atoms. The molecule has 0 radical (unpaired) electrons. The summed E-state index contributed by atoms with van der Waals surface area (Å²) in [5.41, 5.74) is 3.02. The van der Waals surface area contributed by atoms with Crippen LogP contribution in [0.1, 0.15) is 5.56 Å². The number of pyridine rings is 1. The van der Waals surface area contributed by atoms with E-state index in [4.69, 9.17) is 4.74 Å². The van der Waals surface area contributed by atoms with Crippen LogP contribution in [0, 0.1) is 0 Å². The molecule has 0 spiro atoms. The Bertz CT molecular complexity index is 784. The van der Waals surface area contributed by atoms with Crippen LogP contribution < -0.4 is 4.74 Å². The number of nitrogens with zero attached hydrogens (tertiary/aromatic N) is 1. The fourth-order valence-electron chi connectivity index (χ4n) is 2.19. The van der Waals surface area contributed by atoms with Crippen molar-refractivity contribution in [2.45, 2.75) is 6.42 Å². The van der Waals surface area contributed by atoms with Gasteiger partial charge in [-0.3, -0.25) is 9.78 Å². The molecule has 2 aromatic carbocycles. The Labute approximate surface area is 143 Å². The molecule has 3 nitrogen and oxygen atoms in total. The molecule has 0 unspecified atom stereocenters. The number of esters is 1. The molecule has 0 atom stereocenters. The Morgan fingerprint density at radius 1 is 0.957 bits per heavy atom. The molecule has 3 aromatic rings. The van der Waals surface area contributed by atoms with Gasteiger partial charge in [0.25, 0.3) is 0 Å². The summed E-state index contributed by atoms with van der Waals surface area (Å²) in [5.74, 6) is 0.245. The summed E-state index contributed by atoms with van der Waals surface area (Å²) in [5, 5.41) is 0. The molecule has 0 aliphatic rings. The van der Waals surface area contributed by atoms with Crippen molar-refractivity contribution in [3.8, 4) is 16.9 Å². The summed E-state index contributed by atoms with van der Waals surface area (Å²) in [6.07, 6.45) is 3.55. The number of rotatable bonds is 4. The average molecular weight is 368 g/mol. The van der Waals surface area contributed by atoms with Gasteiger partial charge in [-0.05, 0) is 47.0 Å². The maximum Gasteiger partial charge on any atom is 0.315 e. The predicted molar refractivity (Wildman–Crippen MR) is 93.2 cm³/mol. The summed E-state index contributed by atoms with van der Waals surface area (Å²) in [6.45, 7) is 0. The second-order valence-electron chi connectivity index (χ2n) is 5.04.